The molecule has 2 amide bonds. The van der Waals surface area contributed by atoms with Gasteiger partial charge in [-0.1, -0.05) is 36.8 Å². The van der Waals surface area contributed by atoms with Crippen LogP contribution in [0, 0.1) is 5.92 Å². The van der Waals surface area contributed by atoms with Crippen LogP contribution in [0.2, 0.25) is 0 Å². The van der Waals surface area contributed by atoms with Crippen LogP contribution < -0.4 is 11.5 Å². The van der Waals surface area contributed by atoms with E-state index in [2.05, 4.69) is 0 Å². The lowest BCUT2D eigenvalue weighted by molar-refractivity contribution is -0.142. The van der Waals surface area contributed by atoms with Gasteiger partial charge in [-0.3, -0.25) is 9.59 Å². The molecule has 1 aliphatic carbocycles. The Kier molecular flexibility index (Phi) is 7.52. The Morgan fingerprint density at radius 3 is 2.48 bits per heavy atom. The molecular formula is C17H26ClN3O2. The minimum absolute atomic E-state index is 0. The first-order chi connectivity index (χ1) is 10.5. The molecule has 6 heteroatoms. The molecule has 0 bridgehead atoms. The summed E-state index contributed by atoms with van der Waals surface area (Å²) in [7, 11) is 0. The number of carbonyl (C=O) groups excluding carboxylic acids is 2. The maximum absolute atomic E-state index is 12.9. The topological polar surface area (TPSA) is 89.4 Å². The Balaban J connectivity index is 0.00000264. The van der Waals surface area contributed by atoms with Crippen molar-refractivity contribution in [3.8, 4) is 0 Å². The normalized spacial score (nSPS) is 21.8. The maximum atomic E-state index is 12.9. The van der Waals surface area contributed by atoms with Crippen molar-refractivity contribution in [2.75, 3.05) is 6.54 Å². The van der Waals surface area contributed by atoms with Crippen LogP contribution in [0.1, 0.15) is 44.2 Å². The summed E-state index contributed by atoms with van der Waals surface area (Å²) in [5, 5.41) is 0. The minimum atomic E-state index is -0.490. The fraction of sp³-hybridized carbons (Fsp3) is 0.529. The molecule has 1 aliphatic rings. The molecule has 0 saturated heterocycles. The van der Waals surface area contributed by atoms with E-state index in [4.69, 9.17) is 11.5 Å². The number of carbonyl (C=O) groups is 2. The molecule has 23 heavy (non-hydrogen) atoms. The third-order valence-corrected chi connectivity index (χ3v) is 4.42. The van der Waals surface area contributed by atoms with Gasteiger partial charge < -0.3 is 16.4 Å². The fourth-order valence-electron chi connectivity index (χ4n) is 3.17. The van der Waals surface area contributed by atoms with E-state index in [1.54, 1.807) is 4.90 Å². The van der Waals surface area contributed by atoms with Crippen molar-refractivity contribution in [2.24, 2.45) is 17.4 Å². The summed E-state index contributed by atoms with van der Waals surface area (Å²) in [6, 6.07) is 9.59. The van der Waals surface area contributed by atoms with E-state index in [-0.39, 0.29) is 42.9 Å². The number of rotatable bonds is 5. The van der Waals surface area contributed by atoms with Gasteiger partial charge in [-0.2, -0.15) is 0 Å². The lowest BCUT2D eigenvalue weighted by Gasteiger charge is -2.34. The number of nitrogens with two attached hydrogens (primary N) is 2. The summed E-state index contributed by atoms with van der Waals surface area (Å²) < 4.78 is 0. The molecule has 0 aromatic heterocycles. The lowest BCUT2D eigenvalue weighted by atomic mass is 9.85. The maximum Gasteiger partial charge on any atom is 0.237 e. The smallest absolute Gasteiger partial charge is 0.237 e. The van der Waals surface area contributed by atoms with Crippen LogP contribution in [0.3, 0.4) is 0 Å². The van der Waals surface area contributed by atoms with Gasteiger partial charge in [0.15, 0.2) is 0 Å². The lowest BCUT2D eigenvalue weighted by Crippen LogP contribution is -2.45. The highest BCUT2D eigenvalue weighted by Crippen LogP contribution is 2.28. The second-order valence-electron chi connectivity index (χ2n) is 6.14. The largest absolute Gasteiger partial charge is 0.368 e. The predicted octanol–water partition coefficient (Wildman–Crippen LogP) is 2.00. The molecule has 1 saturated carbocycles. The number of benzene rings is 1. The molecule has 0 spiro atoms. The highest BCUT2D eigenvalue weighted by molar-refractivity contribution is 5.86. The summed E-state index contributed by atoms with van der Waals surface area (Å²) in [5.41, 5.74) is 12.3. The van der Waals surface area contributed by atoms with Crippen LogP contribution in [0.4, 0.5) is 0 Å². The van der Waals surface area contributed by atoms with Crippen molar-refractivity contribution in [3.63, 3.8) is 0 Å². The molecule has 2 rings (SSSR count). The van der Waals surface area contributed by atoms with Gasteiger partial charge in [0.2, 0.25) is 11.8 Å². The summed E-state index contributed by atoms with van der Waals surface area (Å²) in [4.78, 5) is 25.9. The number of nitrogens with zero attached hydrogens (tertiary/aromatic N) is 1. The van der Waals surface area contributed by atoms with Gasteiger partial charge in [0.05, 0.1) is 12.6 Å². The SMILES string of the molecule is C[C@H](c1ccccc1)N(CC(N)=O)C(=O)C1CCCC(N)C1.Cl. The van der Waals surface area contributed by atoms with E-state index < -0.39 is 5.91 Å². The Morgan fingerprint density at radius 1 is 1.26 bits per heavy atom. The van der Waals surface area contributed by atoms with Crippen LogP contribution in [0.15, 0.2) is 30.3 Å². The quantitative estimate of drug-likeness (QED) is 0.859. The zero-order valence-electron chi connectivity index (χ0n) is 13.5. The van der Waals surface area contributed by atoms with Gasteiger partial charge in [-0.15, -0.1) is 12.4 Å². The van der Waals surface area contributed by atoms with Crippen LogP contribution >= 0.6 is 12.4 Å². The van der Waals surface area contributed by atoms with Gasteiger partial charge in [0.1, 0.15) is 0 Å². The van der Waals surface area contributed by atoms with Crippen LogP contribution in [0.25, 0.3) is 0 Å². The van der Waals surface area contributed by atoms with E-state index in [1.807, 2.05) is 37.3 Å². The summed E-state index contributed by atoms with van der Waals surface area (Å²) in [6.45, 7) is 1.87. The Labute approximate surface area is 143 Å². The molecule has 1 aromatic carbocycles. The Hall–Kier alpha value is -1.59. The third-order valence-electron chi connectivity index (χ3n) is 4.42. The van der Waals surface area contributed by atoms with Gasteiger partial charge in [-0.05, 0) is 31.7 Å². The molecule has 0 heterocycles. The molecule has 5 nitrogen and oxygen atoms in total. The predicted molar refractivity (Wildman–Crippen MR) is 92.9 cm³/mol. The van der Waals surface area contributed by atoms with E-state index in [0.717, 1.165) is 24.8 Å². The molecule has 4 N–H and O–H groups in total. The number of amides is 2. The fourth-order valence-corrected chi connectivity index (χ4v) is 3.17. The molecule has 1 aromatic rings. The van der Waals surface area contributed by atoms with Gasteiger partial charge in [0, 0.05) is 12.0 Å². The summed E-state index contributed by atoms with van der Waals surface area (Å²) in [5.74, 6) is -0.601. The first-order valence-electron chi connectivity index (χ1n) is 7.88. The van der Waals surface area contributed by atoms with Crippen molar-refractivity contribution in [3.05, 3.63) is 35.9 Å². The van der Waals surface area contributed by atoms with E-state index >= 15 is 0 Å². The number of primary amides is 1. The molecular weight excluding hydrogens is 314 g/mol. The van der Waals surface area contributed by atoms with Crippen LogP contribution in [-0.2, 0) is 9.59 Å². The Morgan fingerprint density at radius 2 is 1.91 bits per heavy atom. The van der Waals surface area contributed by atoms with Crippen molar-refractivity contribution in [2.45, 2.75) is 44.7 Å². The minimum Gasteiger partial charge on any atom is -0.368 e. The van der Waals surface area contributed by atoms with Gasteiger partial charge in [0.25, 0.3) is 0 Å². The van der Waals surface area contributed by atoms with Crippen LogP contribution in [-0.4, -0.2) is 29.3 Å². The third kappa shape index (κ3) is 5.22. The van der Waals surface area contributed by atoms with E-state index in [1.165, 1.54) is 0 Å². The van der Waals surface area contributed by atoms with Crippen molar-refractivity contribution in [1.82, 2.24) is 4.90 Å². The standard InChI is InChI=1S/C17H25N3O2.ClH/c1-12(13-6-3-2-4-7-13)20(11-16(19)21)17(22)14-8-5-9-15(18)10-14;/h2-4,6-7,12,14-15H,5,8-11,18H2,1H3,(H2,19,21);1H/t12-,14?,15?;/m1./s1. The van der Waals surface area contributed by atoms with E-state index in [9.17, 15) is 9.59 Å². The zero-order valence-corrected chi connectivity index (χ0v) is 14.3. The first-order valence-corrected chi connectivity index (χ1v) is 7.88. The molecule has 0 radical (unpaired) electrons. The van der Waals surface area contributed by atoms with Crippen molar-refractivity contribution < 1.29 is 9.59 Å². The molecule has 1 fully saturated rings. The molecule has 2 unspecified atom stereocenters. The highest BCUT2D eigenvalue weighted by atomic mass is 35.5. The number of hydrogen-bond acceptors (Lipinski definition) is 3. The Bertz CT molecular complexity index is 524. The second kappa shape index (κ2) is 8.89. The zero-order chi connectivity index (χ0) is 16.1. The second-order valence-corrected chi connectivity index (χ2v) is 6.14. The highest BCUT2D eigenvalue weighted by Gasteiger charge is 2.32. The van der Waals surface area contributed by atoms with Crippen molar-refractivity contribution >= 4 is 24.2 Å². The summed E-state index contributed by atoms with van der Waals surface area (Å²) >= 11 is 0. The average Bonchev–Trinajstić information content (AvgIpc) is 2.52. The molecule has 128 valence electrons. The van der Waals surface area contributed by atoms with Crippen LogP contribution in [0.5, 0.6) is 0 Å². The first kappa shape index (κ1) is 19.5. The van der Waals surface area contributed by atoms with Gasteiger partial charge in [-0.25, -0.2) is 0 Å². The summed E-state index contributed by atoms with van der Waals surface area (Å²) in [6.07, 6.45) is 3.45. The molecule has 3 atom stereocenters. The van der Waals surface area contributed by atoms with Gasteiger partial charge >= 0.3 is 0 Å². The molecule has 0 aliphatic heterocycles. The average molecular weight is 340 g/mol. The number of halogens is 1. The monoisotopic (exact) mass is 339 g/mol. The van der Waals surface area contributed by atoms with E-state index in [0.29, 0.717) is 6.42 Å². The number of hydrogen-bond donors (Lipinski definition) is 2. The van der Waals surface area contributed by atoms with Crippen molar-refractivity contribution in [1.29, 1.82) is 0 Å².